The lowest BCUT2D eigenvalue weighted by Gasteiger charge is -2.15. The molecule has 0 spiro atoms. The van der Waals surface area contributed by atoms with Crippen LogP contribution < -0.4 is 5.32 Å². The number of hydrogen-bond acceptors (Lipinski definition) is 4. The van der Waals surface area contributed by atoms with Crippen molar-refractivity contribution in [2.24, 2.45) is 0 Å². The molecule has 0 unspecified atom stereocenters. The molecule has 0 fully saturated rings. The molecule has 1 heterocycles. The van der Waals surface area contributed by atoms with Crippen LogP contribution in [0.25, 0.3) is 11.3 Å². The number of halogens is 1. The van der Waals surface area contributed by atoms with Crippen LogP contribution in [0, 0.1) is 0 Å². The lowest BCUT2D eigenvalue weighted by molar-refractivity contribution is -0.128. The summed E-state index contributed by atoms with van der Waals surface area (Å²) in [4.78, 5) is 29.5. The molecule has 0 radical (unpaired) electrons. The number of nitrogens with one attached hydrogen (secondary N) is 1. The number of aromatic nitrogens is 1. The van der Waals surface area contributed by atoms with Crippen LogP contribution in [0.3, 0.4) is 0 Å². The number of carbonyl (C=O) groups excluding carboxylic acids is 2. The number of aryl methyl sites for hydroxylation is 1. The Morgan fingerprint density at radius 1 is 1.17 bits per heavy atom. The van der Waals surface area contributed by atoms with E-state index in [1.165, 1.54) is 6.92 Å². The smallest absolute Gasteiger partial charge is 0.224 e. The third kappa shape index (κ3) is 5.68. The fourth-order valence-corrected chi connectivity index (χ4v) is 3.02. The molecular weight excluding hydrogens is 390 g/mol. The molecule has 1 N–H and O–H groups in total. The zero-order valence-electron chi connectivity index (χ0n) is 16.3. The maximum absolute atomic E-state index is 12.3. The van der Waals surface area contributed by atoms with E-state index in [-0.39, 0.29) is 18.2 Å². The van der Waals surface area contributed by atoms with Gasteiger partial charge in [0.05, 0.1) is 11.2 Å². The highest BCUT2D eigenvalue weighted by molar-refractivity contribution is 6.33. The standard InChI is InChI=1S/C22H22ClN3O3/c1-15(27)26(2)14-16-6-5-7-17(12-16)25-21(28)10-11-22-24-13-20(29-22)18-8-3-4-9-19(18)23/h3-9,12-13H,10-11,14H2,1-2H3,(H,25,28). The molecule has 7 heteroatoms. The number of oxazole rings is 1. The third-order valence-electron chi connectivity index (χ3n) is 4.43. The average molecular weight is 412 g/mol. The van der Waals surface area contributed by atoms with Crippen molar-refractivity contribution in [3.63, 3.8) is 0 Å². The van der Waals surface area contributed by atoms with Crippen molar-refractivity contribution < 1.29 is 14.0 Å². The summed E-state index contributed by atoms with van der Waals surface area (Å²) in [7, 11) is 1.74. The van der Waals surface area contributed by atoms with Crippen molar-refractivity contribution in [1.82, 2.24) is 9.88 Å². The Kier molecular flexibility index (Phi) is 6.67. The van der Waals surface area contributed by atoms with Gasteiger partial charge in [0.2, 0.25) is 11.8 Å². The largest absolute Gasteiger partial charge is 0.441 e. The first-order valence-corrected chi connectivity index (χ1v) is 9.60. The third-order valence-corrected chi connectivity index (χ3v) is 4.76. The number of carbonyl (C=O) groups is 2. The second-order valence-corrected chi connectivity index (χ2v) is 7.13. The Labute approximate surface area is 174 Å². The minimum absolute atomic E-state index is 0.0125. The van der Waals surface area contributed by atoms with E-state index in [0.29, 0.717) is 35.3 Å². The zero-order valence-corrected chi connectivity index (χ0v) is 17.1. The van der Waals surface area contributed by atoms with Gasteiger partial charge in [0.15, 0.2) is 11.7 Å². The Morgan fingerprint density at radius 3 is 2.72 bits per heavy atom. The highest BCUT2D eigenvalue weighted by Gasteiger charge is 2.11. The quantitative estimate of drug-likeness (QED) is 0.619. The summed E-state index contributed by atoms with van der Waals surface area (Å²) < 4.78 is 5.72. The number of benzene rings is 2. The molecule has 0 saturated heterocycles. The minimum Gasteiger partial charge on any atom is -0.441 e. The summed E-state index contributed by atoms with van der Waals surface area (Å²) in [6, 6.07) is 14.8. The minimum atomic E-state index is -0.139. The van der Waals surface area contributed by atoms with Crippen molar-refractivity contribution in [3.8, 4) is 11.3 Å². The first kappa shape index (κ1) is 20.6. The van der Waals surface area contributed by atoms with Gasteiger partial charge in [-0.15, -0.1) is 0 Å². The predicted octanol–water partition coefficient (Wildman–Crippen LogP) is 4.54. The van der Waals surface area contributed by atoms with Crippen LogP contribution in [0.4, 0.5) is 5.69 Å². The maximum atomic E-state index is 12.3. The van der Waals surface area contributed by atoms with Gasteiger partial charge in [-0.2, -0.15) is 0 Å². The number of rotatable bonds is 7. The monoisotopic (exact) mass is 411 g/mol. The van der Waals surface area contributed by atoms with Gasteiger partial charge >= 0.3 is 0 Å². The molecule has 150 valence electrons. The first-order valence-electron chi connectivity index (χ1n) is 9.22. The SMILES string of the molecule is CC(=O)N(C)Cc1cccc(NC(=O)CCc2ncc(-c3ccccc3Cl)o2)c1. The van der Waals surface area contributed by atoms with Crippen LogP contribution in [-0.2, 0) is 22.6 Å². The van der Waals surface area contributed by atoms with E-state index >= 15 is 0 Å². The second kappa shape index (κ2) is 9.39. The van der Waals surface area contributed by atoms with Gasteiger partial charge in [-0.1, -0.05) is 35.9 Å². The average Bonchev–Trinajstić information content (AvgIpc) is 3.16. The molecule has 3 aromatic rings. The van der Waals surface area contributed by atoms with E-state index in [4.69, 9.17) is 16.0 Å². The molecule has 0 atom stereocenters. The van der Waals surface area contributed by atoms with Crippen LogP contribution in [-0.4, -0.2) is 28.7 Å². The second-order valence-electron chi connectivity index (χ2n) is 6.72. The number of nitrogens with zero attached hydrogens (tertiary/aromatic N) is 2. The molecular formula is C22H22ClN3O3. The van der Waals surface area contributed by atoms with Crippen molar-refractivity contribution >= 4 is 29.1 Å². The van der Waals surface area contributed by atoms with Crippen molar-refractivity contribution in [2.45, 2.75) is 26.3 Å². The van der Waals surface area contributed by atoms with Gasteiger partial charge in [0.25, 0.3) is 0 Å². The van der Waals surface area contributed by atoms with Crippen LogP contribution >= 0.6 is 11.6 Å². The van der Waals surface area contributed by atoms with Crippen LogP contribution in [0.5, 0.6) is 0 Å². The lowest BCUT2D eigenvalue weighted by Crippen LogP contribution is -2.23. The molecule has 0 aliphatic heterocycles. The van der Waals surface area contributed by atoms with Gasteiger partial charge < -0.3 is 14.6 Å². The molecule has 2 aromatic carbocycles. The van der Waals surface area contributed by atoms with Gasteiger partial charge in [-0.3, -0.25) is 9.59 Å². The Hall–Kier alpha value is -3.12. The van der Waals surface area contributed by atoms with E-state index < -0.39 is 0 Å². The van der Waals surface area contributed by atoms with Crippen molar-refractivity contribution in [2.75, 3.05) is 12.4 Å². The number of amides is 2. The summed E-state index contributed by atoms with van der Waals surface area (Å²) in [5.41, 5.74) is 2.40. The summed E-state index contributed by atoms with van der Waals surface area (Å²) >= 11 is 6.17. The first-order chi connectivity index (χ1) is 13.9. The fourth-order valence-electron chi connectivity index (χ4n) is 2.79. The molecule has 29 heavy (non-hydrogen) atoms. The summed E-state index contributed by atoms with van der Waals surface area (Å²) in [6.45, 7) is 2.01. The van der Waals surface area contributed by atoms with Crippen LogP contribution in [0.2, 0.25) is 5.02 Å². The molecule has 6 nitrogen and oxygen atoms in total. The molecule has 2 amide bonds. The van der Waals surface area contributed by atoms with E-state index in [1.807, 2.05) is 42.5 Å². The highest BCUT2D eigenvalue weighted by Crippen LogP contribution is 2.28. The zero-order chi connectivity index (χ0) is 20.8. The van der Waals surface area contributed by atoms with E-state index in [2.05, 4.69) is 10.3 Å². The number of hydrogen-bond donors (Lipinski definition) is 1. The molecule has 3 rings (SSSR count). The fraction of sp³-hybridized carbons (Fsp3) is 0.227. The molecule has 1 aromatic heterocycles. The van der Waals surface area contributed by atoms with E-state index in [1.54, 1.807) is 24.2 Å². The molecule has 0 saturated carbocycles. The molecule has 0 aliphatic carbocycles. The highest BCUT2D eigenvalue weighted by atomic mass is 35.5. The van der Waals surface area contributed by atoms with Crippen LogP contribution in [0.1, 0.15) is 24.8 Å². The van der Waals surface area contributed by atoms with Crippen molar-refractivity contribution in [1.29, 1.82) is 0 Å². The normalized spacial score (nSPS) is 10.6. The maximum Gasteiger partial charge on any atom is 0.224 e. The predicted molar refractivity (Wildman–Crippen MR) is 112 cm³/mol. The summed E-state index contributed by atoms with van der Waals surface area (Å²) in [5, 5.41) is 3.46. The van der Waals surface area contributed by atoms with Crippen molar-refractivity contribution in [3.05, 3.63) is 71.2 Å². The van der Waals surface area contributed by atoms with Gasteiger partial charge in [-0.25, -0.2) is 4.98 Å². The van der Waals surface area contributed by atoms with Gasteiger partial charge in [0, 0.05) is 44.6 Å². The Balaban J connectivity index is 1.56. The topological polar surface area (TPSA) is 75.4 Å². The lowest BCUT2D eigenvalue weighted by atomic mass is 10.2. The van der Waals surface area contributed by atoms with Gasteiger partial charge in [-0.05, 0) is 29.8 Å². The molecule has 0 aliphatic rings. The van der Waals surface area contributed by atoms with Crippen LogP contribution in [0.15, 0.2) is 59.1 Å². The van der Waals surface area contributed by atoms with E-state index in [0.717, 1.165) is 11.1 Å². The Bertz CT molecular complexity index is 1020. The molecule has 0 bridgehead atoms. The number of anilines is 1. The summed E-state index contributed by atoms with van der Waals surface area (Å²) in [5.74, 6) is 0.904. The van der Waals surface area contributed by atoms with Gasteiger partial charge in [0.1, 0.15) is 0 Å². The van der Waals surface area contributed by atoms with E-state index in [9.17, 15) is 9.59 Å². The Morgan fingerprint density at radius 2 is 1.97 bits per heavy atom. The summed E-state index contributed by atoms with van der Waals surface area (Å²) in [6.07, 6.45) is 2.23.